The second-order valence-corrected chi connectivity index (χ2v) is 7.60. The monoisotopic (exact) mass is 436 g/mol. The molecule has 5 rings (SSSR count). The summed E-state index contributed by atoms with van der Waals surface area (Å²) in [6.45, 7) is 0. The first-order valence-electron chi connectivity index (χ1n) is 10.5. The van der Waals surface area contributed by atoms with Crippen LogP contribution in [-0.2, 0) is 0 Å². The second-order valence-electron chi connectivity index (χ2n) is 7.60. The molecule has 8 heteroatoms. The summed E-state index contributed by atoms with van der Waals surface area (Å²) >= 11 is 0. The van der Waals surface area contributed by atoms with Crippen LogP contribution in [-0.4, -0.2) is 26.9 Å². The van der Waals surface area contributed by atoms with Gasteiger partial charge in [0.2, 0.25) is 5.95 Å². The maximum absolute atomic E-state index is 12.2. The van der Waals surface area contributed by atoms with Gasteiger partial charge in [-0.3, -0.25) is 4.79 Å². The van der Waals surface area contributed by atoms with Crippen LogP contribution in [0.1, 0.15) is 34.5 Å². The molecular weight excluding hydrogens is 416 g/mol. The summed E-state index contributed by atoms with van der Waals surface area (Å²) in [6.07, 6.45) is 6.88. The molecule has 1 amide bonds. The van der Waals surface area contributed by atoms with E-state index in [0.717, 1.165) is 24.1 Å². The molecule has 1 aromatic carbocycles. The third kappa shape index (κ3) is 4.99. The zero-order chi connectivity index (χ0) is 22.6. The first kappa shape index (κ1) is 20.3. The molecule has 3 heterocycles. The van der Waals surface area contributed by atoms with Crippen LogP contribution < -0.4 is 16.4 Å². The van der Waals surface area contributed by atoms with Crippen molar-refractivity contribution in [3.8, 4) is 23.2 Å². The van der Waals surface area contributed by atoms with E-state index >= 15 is 0 Å². The van der Waals surface area contributed by atoms with Crippen LogP contribution in [0.25, 0.3) is 11.3 Å². The topological polar surface area (TPSA) is 119 Å². The summed E-state index contributed by atoms with van der Waals surface area (Å²) < 4.78 is 5.34. The molecular formula is C25H20N6O2. The normalized spacial score (nSPS) is 12.5. The number of anilines is 3. The van der Waals surface area contributed by atoms with E-state index in [0.29, 0.717) is 40.4 Å². The van der Waals surface area contributed by atoms with Crippen molar-refractivity contribution in [3.05, 3.63) is 84.0 Å². The molecule has 0 unspecified atom stereocenters. The van der Waals surface area contributed by atoms with Gasteiger partial charge >= 0.3 is 0 Å². The molecule has 0 bridgehead atoms. The number of nitrogen functional groups attached to an aromatic ring is 1. The number of amides is 1. The van der Waals surface area contributed by atoms with Gasteiger partial charge in [-0.15, -0.1) is 0 Å². The van der Waals surface area contributed by atoms with Gasteiger partial charge in [0, 0.05) is 35.2 Å². The summed E-state index contributed by atoms with van der Waals surface area (Å²) in [5, 5.41) is 6.09. The first-order valence-corrected chi connectivity index (χ1v) is 10.5. The fraction of sp³-hybridized carbons (Fsp3) is 0.120. The number of aromatic nitrogens is 3. The van der Waals surface area contributed by atoms with Crippen LogP contribution in [0, 0.1) is 11.8 Å². The highest BCUT2D eigenvalue weighted by molar-refractivity contribution is 5.94. The SMILES string of the molecule is Nc1nc(Nc2ccc(C#Cc3cc(C(=O)NC4CC4)ccn3)cc2)ncc1-c1ccco1. The number of carbonyl (C=O) groups excluding carboxylic acids is 1. The van der Waals surface area contributed by atoms with Gasteiger partial charge in [-0.1, -0.05) is 5.92 Å². The van der Waals surface area contributed by atoms with Gasteiger partial charge in [-0.05, 0) is 67.3 Å². The van der Waals surface area contributed by atoms with Crippen LogP contribution in [0.4, 0.5) is 17.5 Å². The predicted octanol–water partition coefficient (Wildman–Crippen LogP) is 3.75. The Bertz CT molecular complexity index is 1350. The number of benzene rings is 1. The maximum Gasteiger partial charge on any atom is 0.251 e. The fourth-order valence-corrected chi connectivity index (χ4v) is 3.12. The van der Waals surface area contributed by atoms with Gasteiger partial charge < -0.3 is 20.8 Å². The second kappa shape index (κ2) is 8.85. The van der Waals surface area contributed by atoms with E-state index in [1.54, 1.807) is 42.9 Å². The molecule has 8 nitrogen and oxygen atoms in total. The highest BCUT2D eigenvalue weighted by Gasteiger charge is 2.23. The Morgan fingerprint density at radius 3 is 2.67 bits per heavy atom. The van der Waals surface area contributed by atoms with E-state index in [2.05, 4.69) is 37.4 Å². The molecule has 4 N–H and O–H groups in total. The molecule has 1 aliphatic carbocycles. The Balaban J connectivity index is 1.25. The summed E-state index contributed by atoms with van der Waals surface area (Å²) in [5.74, 6) is 7.32. The number of pyridine rings is 1. The third-order valence-electron chi connectivity index (χ3n) is 5.02. The van der Waals surface area contributed by atoms with Gasteiger partial charge in [0.1, 0.15) is 17.3 Å². The molecule has 33 heavy (non-hydrogen) atoms. The number of rotatable bonds is 5. The minimum atomic E-state index is -0.0848. The molecule has 1 fully saturated rings. The van der Waals surface area contributed by atoms with E-state index < -0.39 is 0 Å². The molecule has 3 aromatic heterocycles. The molecule has 0 saturated heterocycles. The van der Waals surface area contributed by atoms with Crippen molar-refractivity contribution in [1.82, 2.24) is 20.3 Å². The van der Waals surface area contributed by atoms with Gasteiger partial charge in [0.15, 0.2) is 0 Å². The van der Waals surface area contributed by atoms with Crippen molar-refractivity contribution >= 4 is 23.4 Å². The number of nitrogens with zero attached hydrogens (tertiary/aromatic N) is 3. The zero-order valence-electron chi connectivity index (χ0n) is 17.6. The van der Waals surface area contributed by atoms with Crippen molar-refractivity contribution < 1.29 is 9.21 Å². The Hall–Kier alpha value is -4.64. The van der Waals surface area contributed by atoms with Crippen molar-refractivity contribution in [2.75, 3.05) is 11.1 Å². The van der Waals surface area contributed by atoms with Gasteiger partial charge in [-0.25, -0.2) is 9.97 Å². The van der Waals surface area contributed by atoms with Crippen LogP contribution in [0.2, 0.25) is 0 Å². The molecule has 1 saturated carbocycles. The van der Waals surface area contributed by atoms with E-state index in [1.165, 1.54) is 0 Å². The predicted molar refractivity (Wildman–Crippen MR) is 125 cm³/mol. The Kier molecular flexibility index (Phi) is 5.43. The number of nitrogens with one attached hydrogen (secondary N) is 2. The number of furan rings is 1. The number of carbonyl (C=O) groups is 1. The third-order valence-corrected chi connectivity index (χ3v) is 5.02. The van der Waals surface area contributed by atoms with Gasteiger partial charge in [0.05, 0.1) is 11.8 Å². The fourth-order valence-electron chi connectivity index (χ4n) is 3.12. The molecule has 162 valence electrons. The molecule has 1 aliphatic rings. The lowest BCUT2D eigenvalue weighted by molar-refractivity contribution is 0.0951. The molecule has 0 atom stereocenters. The molecule has 0 radical (unpaired) electrons. The van der Waals surface area contributed by atoms with E-state index in [1.807, 2.05) is 24.3 Å². The largest absolute Gasteiger partial charge is 0.464 e. The van der Waals surface area contributed by atoms with Crippen molar-refractivity contribution in [3.63, 3.8) is 0 Å². The van der Waals surface area contributed by atoms with Gasteiger partial charge in [0.25, 0.3) is 5.91 Å². The Labute approximate surface area is 190 Å². The zero-order valence-corrected chi connectivity index (χ0v) is 17.6. The molecule has 0 spiro atoms. The van der Waals surface area contributed by atoms with E-state index in [4.69, 9.17) is 10.2 Å². The van der Waals surface area contributed by atoms with Crippen molar-refractivity contribution in [2.24, 2.45) is 0 Å². The number of hydrogen-bond donors (Lipinski definition) is 3. The lowest BCUT2D eigenvalue weighted by atomic mass is 10.2. The summed E-state index contributed by atoms with van der Waals surface area (Å²) in [6, 6.07) is 14.8. The maximum atomic E-state index is 12.2. The summed E-state index contributed by atoms with van der Waals surface area (Å²) in [7, 11) is 0. The average molecular weight is 436 g/mol. The van der Waals surface area contributed by atoms with Crippen LogP contribution in [0.15, 0.2) is 71.6 Å². The highest BCUT2D eigenvalue weighted by Crippen LogP contribution is 2.25. The van der Waals surface area contributed by atoms with E-state index in [-0.39, 0.29) is 5.91 Å². The summed E-state index contributed by atoms with van der Waals surface area (Å²) in [5.41, 5.74) is 9.39. The number of nitrogens with two attached hydrogens (primary N) is 1. The van der Waals surface area contributed by atoms with Crippen LogP contribution >= 0.6 is 0 Å². The lowest BCUT2D eigenvalue weighted by Crippen LogP contribution is -2.25. The quantitative estimate of drug-likeness (QED) is 0.408. The van der Waals surface area contributed by atoms with Crippen LogP contribution in [0.5, 0.6) is 0 Å². The first-order chi connectivity index (χ1) is 16.1. The Morgan fingerprint density at radius 2 is 1.94 bits per heavy atom. The van der Waals surface area contributed by atoms with Gasteiger partial charge in [-0.2, -0.15) is 4.98 Å². The minimum absolute atomic E-state index is 0.0848. The van der Waals surface area contributed by atoms with Crippen molar-refractivity contribution in [1.29, 1.82) is 0 Å². The summed E-state index contributed by atoms with van der Waals surface area (Å²) in [4.78, 5) is 25.0. The standard InChI is InChI=1S/C25H20N6O2/c26-23-21(22-2-1-13-33-22)15-28-25(31-23)30-19-6-3-16(4-7-19)5-8-20-14-17(11-12-27-20)24(32)29-18-9-10-18/h1-4,6-7,11-15,18H,9-10H2,(H,29,32)(H3,26,28,30,31). The highest BCUT2D eigenvalue weighted by atomic mass is 16.3. The van der Waals surface area contributed by atoms with Crippen molar-refractivity contribution in [2.45, 2.75) is 18.9 Å². The van der Waals surface area contributed by atoms with E-state index in [9.17, 15) is 4.79 Å². The minimum Gasteiger partial charge on any atom is -0.464 e. The Morgan fingerprint density at radius 1 is 1.09 bits per heavy atom. The number of hydrogen-bond acceptors (Lipinski definition) is 7. The van der Waals surface area contributed by atoms with Crippen LogP contribution in [0.3, 0.4) is 0 Å². The molecule has 4 aromatic rings. The lowest BCUT2D eigenvalue weighted by Gasteiger charge is -2.07. The molecule has 0 aliphatic heterocycles. The smallest absolute Gasteiger partial charge is 0.251 e. The average Bonchev–Trinajstić information content (AvgIpc) is 3.48.